The third-order valence-electron chi connectivity index (χ3n) is 4.91. The van der Waals surface area contributed by atoms with Gasteiger partial charge in [-0.3, -0.25) is 9.69 Å². The van der Waals surface area contributed by atoms with Crippen LogP contribution in [0.15, 0.2) is 54.6 Å². The summed E-state index contributed by atoms with van der Waals surface area (Å²) in [6.07, 6.45) is -3.68. The minimum atomic E-state index is -1.82. The number of carbonyl (C=O) groups excluding carboxylic acids is 1. The molecule has 0 spiro atoms. The third kappa shape index (κ3) is 4.28. The van der Waals surface area contributed by atoms with Crippen molar-refractivity contribution in [3.05, 3.63) is 65.7 Å². The van der Waals surface area contributed by atoms with Gasteiger partial charge >= 0.3 is 0 Å². The van der Waals surface area contributed by atoms with Crippen LogP contribution >= 0.6 is 0 Å². The maximum Gasteiger partial charge on any atom is 0.197 e. The first kappa shape index (κ1) is 18.5. The number of carbonyl (C=O) groups is 1. The van der Waals surface area contributed by atoms with Crippen molar-refractivity contribution in [3.8, 4) is 0 Å². The first-order valence-corrected chi connectivity index (χ1v) is 8.98. The quantitative estimate of drug-likeness (QED) is 0.575. The van der Waals surface area contributed by atoms with E-state index in [0.29, 0.717) is 26.2 Å². The number of nitrogens with zero attached hydrogens (tertiary/aromatic N) is 2. The highest BCUT2D eigenvalue weighted by Crippen LogP contribution is 2.23. The Kier molecular flexibility index (Phi) is 5.99. The molecule has 1 aliphatic heterocycles. The zero-order valence-corrected chi connectivity index (χ0v) is 14.9. The standard InChI is InChI=1S/C21H24F2N2O/c1-16-7-5-6-10-19(16)24-11-13-25(14-12-24)20(23)15-18(22)21(26)17-8-3-2-4-9-17/h2-10,18,20H,11-15H2,1H3. The van der Waals surface area contributed by atoms with E-state index in [9.17, 15) is 13.6 Å². The van der Waals surface area contributed by atoms with Crippen molar-refractivity contribution in [1.82, 2.24) is 4.90 Å². The minimum absolute atomic E-state index is 0.288. The fourth-order valence-electron chi connectivity index (χ4n) is 3.37. The molecule has 26 heavy (non-hydrogen) atoms. The van der Waals surface area contributed by atoms with Gasteiger partial charge in [0.25, 0.3) is 0 Å². The van der Waals surface area contributed by atoms with Crippen LogP contribution in [-0.2, 0) is 0 Å². The van der Waals surface area contributed by atoms with Crippen LogP contribution in [0.2, 0.25) is 0 Å². The molecular formula is C21H24F2N2O. The van der Waals surface area contributed by atoms with Crippen molar-refractivity contribution in [3.63, 3.8) is 0 Å². The SMILES string of the molecule is Cc1ccccc1N1CCN(C(F)CC(F)C(=O)c2ccccc2)CC1. The number of ketones is 1. The Morgan fingerprint density at radius 2 is 1.58 bits per heavy atom. The number of Topliss-reactive ketones (excluding diaryl/α,β-unsaturated/α-hetero) is 1. The van der Waals surface area contributed by atoms with Gasteiger partial charge in [0.15, 0.2) is 18.3 Å². The van der Waals surface area contributed by atoms with Gasteiger partial charge in [-0.2, -0.15) is 0 Å². The summed E-state index contributed by atoms with van der Waals surface area (Å²) in [7, 11) is 0. The number of halogens is 2. The van der Waals surface area contributed by atoms with Crippen molar-refractivity contribution >= 4 is 11.5 Å². The predicted molar refractivity (Wildman–Crippen MR) is 100 cm³/mol. The fraction of sp³-hybridized carbons (Fsp3) is 0.381. The van der Waals surface area contributed by atoms with Gasteiger partial charge in [0.2, 0.25) is 0 Å². The molecule has 2 aromatic carbocycles. The molecule has 0 N–H and O–H groups in total. The van der Waals surface area contributed by atoms with Crippen molar-refractivity contribution < 1.29 is 13.6 Å². The number of alkyl halides is 2. The Hall–Kier alpha value is -2.27. The summed E-state index contributed by atoms with van der Waals surface area (Å²) in [5.41, 5.74) is 2.64. The number of hydrogen-bond acceptors (Lipinski definition) is 3. The molecule has 1 saturated heterocycles. The van der Waals surface area contributed by atoms with Gasteiger partial charge in [-0.15, -0.1) is 0 Å². The van der Waals surface area contributed by atoms with Crippen molar-refractivity contribution in [1.29, 1.82) is 0 Å². The average molecular weight is 358 g/mol. The second kappa shape index (κ2) is 8.41. The Morgan fingerprint density at radius 1 is 0.962 bits per heavy atom. The highest BCUT2D eigenvalue weighted by Gasteiger charge is 2.29. The Labute approximate surface area is 153 Å². The van der Waals surface area contributed by atoms with Crippen LogP contribution in [0, 0.1) is 6.92 Å². The van der Waals surface area contributed by atoms with Crippen molar-refractivity contribution in [2.75, 3.05) is 31.1 Å². The number of benzene rings is 2. The van der Waals surface area contributed by atoms with Crippen LogP contribution in [0.4, 0.5) is 14.5 Å². The van der Waals surface area contributed by atoms with E-state index in [-0.39, 0.29) is 5.56 Å². The monoisotopic (exact) mass is 358 g/mol. The molecular weight excluding hydrogens is 334 g/mol. The lowest BCUT2D eigenvalue weighted by Crippen LogP contribution is -2.50. The largest absolute Gasteiger partial charge is 0.369 e. The van der Waals surface area contributed by atoms with E-state index in [1.54, 1.807) is 35.2 Å². The molecule has 1 heterocycles. The molecule has 3 nitrogen and oxygen atoms in total. The second-order valence-electron chi connectivity index (χ2n) is 6.68. The summed E-state index contributed by atoms with van der Waals surface area (Å²) in [5, 5.41) is 0. The summed E-state index contributed by atoms with van der Waals surface area (Å²) in [6, 6.07) is 16.3. The number of rotatable bonds is 6. The molecule has 0 aromatic heterocycles. The second-order valence-corrected chi connectivity index (χ2v) is 6.68. The van der Waals surface area contributed by atoms with E-state index in [2.05, 4.69) is 24.0 Å². The zero-order chi connectivity index (χ0) is 18.5. The maximum absolute atomic E-state index is 14.5. The van der Waals surface area contributed by atoms with Crippen LogP contribution in [0.1, 0.15) is 22.3 Å². The smallest absolute Gasteiger partial charge is 0.197 e. The molecule has 0 bridgehead atoms. The molecule has 0 aliphatic carbocycles. The van der Waals surface area contributed by atoms with Crippen LogP contribution < -0.4 is 4.90 Å². The first-order valence-electron chi connectivity index (χ1n) is 8.98. The summed E-state index contributed by atoms with van der Waals surface area (Å²) in [6.45, 7) is 4.47. The molecule has 2 unspecified atom stereocenters. The number of hydrogen-bond donors (Lipinski definition) is 0. The Bertz CT molecular complexity index is 730. The molecule has 138 valence electrons. The highest BCUT2D eigenvalue weighted by molar-refractivity contribution is 5.99. The van der Waals surface area contributed by atoms with E-state index in [4.69, 9.17) is 0 Å². The Morgan fingerprint density at radius 3 is 2.23 bits per heavy atom. The minimum Gasteiger partial charge on any atom is -0.369 e. The number of anilines is 1. The number of piperazine rings is 1. The molecule has 0 saturated carbocycles. The molecule has 0 radical (unpaired) electrons. The summed E-state index contributed by atoms with van der Waals surface area (Å²) in [4.78, 5) is 15.9. The molecule has 2 aromatic rings. The third-order valence-corrected chi connectivity index (χ3v) is 4.91. The molecule has 2 atom stereocenters. The number of aryl methyl sites for hydroxylation is 1. The molecule has 3 rings (SSSR count). The van der Waals surface area contributed by atoms with Crippen LogP contribution in [0.25, 0.3) is 0 Å². The summed E-state index contributed by atoms with van der Waals surface area (Å²) in [5.74, 6) is -0.646. The fourth-order valence-corrected chi connectivity index (χ4v) is 3.37. The maximum atomic E-state index is 14.5. The molecule has 1 fully saturated rings. The van der Waals surface area contributed by atoms with Crippen LogP contribution in [-0.4, -0.2) is 49.3 Å². The molecule has 1 aliphatic rings. The van der Waals surface area contributed by atoms with Crippen molar-refractivity contribution in [2.24, 2.45) is 0 Å². The van der Waals surface area contributed by atoms with E-state index in [1.807, 2.05) is 12.1 Å². The lowest BCUT2D eigenvalue weighted by molar-refractivity contribution is 0.0438. The van der Waals surface area contributed by atoms with Gasteiger partial charge in [0.1, 0.15) is 0 Å². The average Bonchev–Trinajstić information content (AvgIpc) is 2.68. The normalized spacial score (nSPS) is 17.7. The molecule has 5 heteroatoms. The van der Waals surface area contributed by atoms with E-state index in [1.165, 1.54) is 5.56 Å². The van der Waals surface area contributed by atoms with E-state index < -0.39 is 24.7 Å². The topological polar surface area (TPSA) is 23.6 Å². The van der Waals surface area contributed by atoms with E-state index in [0.717, 1.165) is 5.69 Å². The predicted octanol–water partition coefficient (Wildman–Crippen LogP) is 4.02. The van der Waals surface area contributed by atoms with Gasteiger partial charge in [0, 0.05) is 43.9 Å². The van der Waals surface area contributed by atoms with Gasteiger partial charge in [0.05, 0.1) is 0 Å². The van der Waals surface area contributed by atoms with E-state index >= 15 is 0 Å². The van der Waals surface area contributed by atoms with Gasteiger partial charge in [-0.25, -0.2) is 8.78 Å². The Balaban J connectivity index is 1.53. The summed E-state index contributed by atoms with van der Waals surface area (Å²) >= 11 is 0. The number of para-hydroxylation sites is 1. The lowest BCUT2D eigenvalue weighted by atomic mass is 10.0. The molecule has 0 amide bonds. The van der Waals surface area contributed by atoms with Crippen molar-refractivity contribution in [2.45, 2.75) is 25.8 Å². The lowest BCUT2D eigenvalue weighted by Gasteiger charge is -2.38. The highest BCUT2D eigenvalue weighted by atomic mass is 19.1. The van der Waals surface area contributed by atoms with Gasteiger partial charge in [-0.05, 0) is 18.6 Å². The van der Waals surface area contributed by atoms with Crippen LogP contribution in [0.3, 0.4) is 0 Å². The zero-order valence-electron chi connectivity index (χ0n) is 14.9. The first-order chi connectivity index (χ1) is 12.6. The van der Waals surface area contributed by atoms with Crippen LogP contribution in [0.5, 0.6) is 0 Å². The van der Waals surface area contributed by atoms with Gasteiger partial charge < -0.3 is 4.90 Å². The summed E-state index contributed by atoms with van der Waals surface area (Å²) < 4.78 is 28.8. The van der Waals surface area contributed by atoms with Gasteiger partial charge in [-0.1, -0.05) is 48.5 Å².